The molecule has 0 N–H and O–H groups in total. The highest BCUT2D eigenvalue weighted by Gasteiger charge is 2.62. The minimum Gasteiger partial charge on any atom is -0.495 e. The van der Waals surface area contributed by atoms with Gasteiger partial charge in [-0.05, 0) is 23.3 Å². The highest BCUT2D eigenvalue weighted by molar-refractivity contribution is 6.25. The van der Waals surface area contributed by atoms with Crippen LogP contribution in [0.1, 0.15) is 29.4 Å². The minimum atomic E-state index is -0.603. The van der Waals surface area contributed by atoms with Gasteiger partial charge in [-0.3, -0.25) is 14.4 Å². The molecule has 1 saturated heterocycles. The Bertz CT molecular complexity index is 966. The van der Waals surface area contributed by atoms with Crippen LogP contribution in [0.4, 0.5) is 5.69 Å². The van der Waals surface area contributed by atoms with Crippen LogP contribution in [0.15, 0.2) is 48.5 Å². The van der Waals surface area contributed by atoms with E-state index in [1.54, 1.807) is 24.3 Å². The van der Waals surface area contributed by atoms with Crippen molar-refractivity contribution >= 4 is 23.3 Å². The quantitative estimate of drug-likeness (QED) is 0.784. The van der Waals surface area contributed by atoms with E-state index in [9.17, 15) is 14.4 Å². The predicted molar refractivity (Wildman–Crippen MR) is 94.0 cm³/mol. The van der Waals surface area contributed by atoms with Gasteiger partial charge in [0.15, 0.2) is 0 Å². The fraction of sp³-hybridized carbons (Fsp3) is 0.286. The molecule has 2 bridgehead atoms. The molecule has 0 radical (unpaired) electrons. The number of benzene rings is 2. The molecule has 1 aliphatic heterocycles. The normalized spacial score (nSPS) is 29.0. The standard InChI is InChI=1S/C21H17NO4/c1-26-16-9-5-4-8-14(16)22-20(24)18-13-10-15(23)17(19(18)21(22)25)12-7-3-2-6-11(12)13/h2-9,13,17-19H,10H2,1H3/t13-,17-,18+,19+/m1/s1. The maximum atomic E-state index is 13.3. The first-order valence-corrected chi connectivity index (χ1v) is 8.76. The zero-order valence-electron chi connectivity index (χ0n) is 14.2. The van der Waals surface area contributed by atoms with Crippen LogP contribution in [0.3, 0.4) is 0 Å². The van der Waals surface area contributed by atoms with Crippen LogP contribution in [0, 0.1) is 11.8 Å². The van der Waals surface area contributed by atoms with Gasteiger partial charge in [0.05, 0.1) is 30.6 Å². The van der Waals surface area contributed by atoms with Gasteiger partial charge in [-0.25, -0.2) is 4.90 Å². The van der Waals surface area contributed by atoms with E-state index in [1.165, 1.54) is 12.0 Å². The van der Waals surface area contributed by atoms with Crippen molar-refractivity contribution in [2.45, 2.75) is 18.3 Å². The first-order chi connectivity index (χ1) is 12.6. The van der Waals surface area contributed by atoms with Crippen molar-refractivity contribution in [3.05, 3.63) is 59.7 Å². The van der Waals surface area contributed by atoms with Gasteiger partial charge < -0.3 is 4.74 Å². The summed E-state index contributed by atoms with van der Waals surface area (Å²) in [6.45, 7) is 0. The van der Waals surface area contributed by atoms with Crippen LogP contribution in [-0.4, -0.2) is 24.7 Å². The Morgan fingerprint density at radius 2 is 1.54 bits per heavy atom. The van der Waals surface area contributed by atoms with Crippen LogP contribution in [0.2, 0.25) is 0 Å². The van der Waals surface area contributed by atoms with Crippen molar-refractivity contribution < 1.29 is 19.1 Å². The summed E-state index contributed by atoms with van der Waals surface area (Å²) in [7, 11) is 1.51. The molecule has 4 atom stereocenters. The Hall–Kier alpha value is -2.95. The molecule has 0 unspecified atom stereocenters. The smallest absolute Gasteiger partial charge is 0.238 e. The van der Waals surface area contributed by atoms with Gasteiger partial charge in [0.1, 0.15) is 11.5 Å². The predicted octanol–water partition coefficient (Wildman–Crippen LogP) is 2.65. The zero-order chi connectivity index (χ0) is 18.0. The summed E-state index contributed by atoms with van der Waals surface area (Å²) in [5.41, 5.74) is 2.41. The molecular formula is C21H17NO4. The summed E-state index contributed by atoms with van der Waals surface area (Å²) in [5, 5.41) is 0. The molecule has 130 valence electrons. The van der Waals surface area contributed by atoms with Gasteiger partial charge in [-0.15, -0.1) is 0 Å². The molecule has 2 amide bonds. The fourth-order valence-corrected chi connectivity index (χ4v) is 5.01. The van der Waals surface area contributed by atoms with E-state index in [4.69, 9.17) is 4.74 Å². The number of ketones is 1. The van der Waals surface area contributed by atoms with Crippen molar-refractivity contribution in [3.8, 4) is 5.75 Å². The van der Waals surface area contributed by atoms with Gasteiger partial charge in [-0.1, -0.05) is 36.4 Å². The topological polar surface area (TPSA) is 63.7 Å². The molecule has 0 aromatic heterocycles. The third-order valence-corrected chi connectivity index (χ3v) is 6.02. The molecule has 0 spiro atoms. The summed E-state index contributed by atoms with van der Waals surface area (Å²) < 4.78 is 5.35. The number of amides is 2. The number of ether oxygens (including phenoxy) is 1. The number of fused-ring (bicyclic) bond motifs is 1. The van der Waals surface area contributed by atoms with E-state index in [0.717, 1.165) is 11.1 Å². The Morgan fingerprint density at radius 1 is 0.885 bits per heavy atom. The van der Waals surface area contributed by atoms with E-state index in [0.29, 0.717) is 17.9 Å². The zero-order valence-corrected chi connectivity index (χ0v) is 14.2. The van der Waals surface area contributed by atoms with Crippen molar-refractivity contribution in [3.63, 3.8) is 0 Å². The third-order valence-electron chi connectivity index (χ3n) is 6.02. The van der Waals surface area contributed by atoms with Crippen LogP contribution < -0.4 is 9.64 Å². The molecule has 4 aliphatic rings. The van der Waals surface area contributed by atoms with Crippen LogP contribution in [-0.2, 0) is 14.4 Å². The third kappa shape index (κ3) is 1.77. The Balaban J connectivity index is 1.67. The van der Waals surface area contributed by atoms with Gasteiger partial charge in [0.2, 0.25) is 11.8 Å². The first-order valence-electron chi connectivity index (χ1n) is 8.76. The largest absolute Gasteiger partial charge is 0.495 e. The monoisotopic (exact) mass is 347 g/mol. The maximum absolute atomic E-state index is 13.3. The van der Waals surface area contributed by atoms with Crippen LogP contribution in [0.25, 0.3) is 0 Å². The van der Waals surface area contributed by atoms with E-state index < -0.39 is 17.8 Å². The summed E-state index contributed by atoms with van der Waals surface area (Å²) in [6, 6.07) is 14.7. The molecule has 2 fully saturated rings. The number of hydrogen-bond donors (Lipinski definition) is 0. The summed E-state index contributed by atoms with van der Waals surface area (Å²) >= 11 is 0. The minimum absolute atomic E-state index is 0.0676. The number of rotatable bonds is 2. The number of methoxy groups -OCH3 is 1. The fourth-order valence-electron chi connectivity index (χ4n) is 5.01. The average molecular weight is 347 g/mol. The molecule has 26 heavy (non-hydrogen) atoms. The highest BCUT2D eigenvalue weighted by Crippen LogP contribution is 2.58. The molecule has 5 heteroatoms. The summed E-state index contributed by atoms with van der Waals surface area (Å²) in [5.74, 6) is -1.77. The van der Waals surface area contributed by atoms with E-state index >= 15 is 0 Å². The molecule has 6 rings (SSSR count). The lowest BCUT2D eigenvalue weighted by Crippen LogP contribution is -2.44. The second-order valence-corrected chi connectivity index (χ2v) is 7.12. The second-order valence-electron chi connectivity index (χ2n) is 7.12. The van der Waals surface area contributed by atoms with Gasteiger partial charge in [-0.2, -0.15) is 0 Å². The Kier molecular flexibility index (Phi) is 3.11. The van der Waals surface area contributed by atoms with Gasteiger partial charge in [0, 0.05) is 12.3 Å². The van der Waals surface area contributed by atoms with Crippen molar-refractivity contribution in [2.75, 3.05) is 12.0 Å². The van der Waals surface area contributed by atoms with E-state index in [-0.39, 0.29) is 23.5 Å². The molecule has 1 saturated carbocycles. The Labute approximate surface area is 150 Å². The number of para-hydroxylation sites is 2. The maximum Gasteiger partial charge on any atom is 0.238 e. The lowest BCUT2D eigenvalue weighted by Gasteiger charge is -2.43. The summed E-state index contributed by atoms with van der Waals surface area (Å²) in [4.78, 5) is 40.4. The number of Topliss-reactive ketones (excluding diaryl/α,β-unsaturated/α-hetero) is 1. The van der Waals surface area contributed by atoms with Gasteiger partial charge in [0.25, 0.3) is 0 Å². The Morgan fingerprint density at radius 3 is 2.31 bits per heavy atom. The molecule has 2 aromatic rings. The number of anilines is 1. The molecule has 2 aromatic carbocycles. The lowest BCUT2D eigenvalue weighted by molar-refractivity contribution is -0.134. The first kappa shape index (κ1) is 15.3. The number of imide groups is 1. The average Bonchev–Trinajstić information content (AvgIpc) is 2.93. The summed E-state index contributed by atoms with van der Waals surface area (Å²) in [6.07, 6.45) is 0.335. The van der Waals surface area contributed by atoms with Crippen molar-refractivity contribution in [1.29, 1.82) is 0 Å². The van der Waals surface area contributed by atoms with Gasteiger partial charge >= 0.3 is 0 Å². The molecule has 5 nitrogen and oxygen atoms in total. The second kappa shape index (κ2) is 5.27. The SMILES string of the molecule is COc1ccccc1N1C(=O)[C@@H]2[C@@H](C1=O)[C@H]1C(=O)C[C@@H]2c2ccccc21. The van der Waals surface area contributed by atoms with E-state index in [1.807, 2.05) is 24.3 Å². The molecule has 1 heterocycles. The number of carbonyl (C=O) groups is 3. The molecule has 3 aliphatic carbocycles. The van der Waals surface area contributed by atoms with E-state index in [2.05, 4.69) is 0 Å². The number of nitrogens with zero attached hydrogens (tertiary/aromatic N) is 1. The van der Waals surface area contributed by atoms with Crippen LogP contribution >= 0.6 is 0 Å². The van der Waals surface area contributed by atoms with Crippen LogP contribution in [0.5, 0.6) is 5.75 Å². The molecular weight excluding hydrogens is 330 g/mol. The lowest BCUT2D eigenvalue weighted by atomic mass is 9.56. The van der Waals surface area contributed by atoms with Crippen molar-refractivity contribution in [2.24, 2.45) is 11.8 Å². The number of hydrogen-bond acceptors (Lipinski definition) is 4. The van der Waals surface area contributed by atoms with Crippen molar-refractivity contribution in [1.82, 2.24) is 0 Å². The highest BCUT2D eigenvalue weighted by atomic mass is 16.5. The number of carbonyl (C=O) groups excluding carboxylic acids is 3.